The molecular formula is C12H16N4. The highest BCUT2D eigenvalue weighted by atomic mass is 15.4. The average Bonchev–Trinajstić information content (AvgIpc) is 2.78. The van der Waals surface area contributed by atoms with E-state index in [0.29, 0.717) is 13.1 Å². The number of aryl methyl sites for hydroxylation is 1. The van der Waals surface area contributed by atoms with Crippen LogP contribution in [0.5, 0.6) is 0 Å². The molecule has 2 aromatic rings. The van der Waals surface area contributed by atoms with E-state index in [9.17, 15) is 0 Å². The van der Waals surface area contributed by atoms with Crippen molar-refractivity contribution in [3.8, 4) is 11.3 Å². The summed E-state index contributed by atoms with van der Waals surface area (Å²) in [5.74, 6) is 0. The molecule has 1 heterocycles. The van der Waals surface area contributed by atoms with Crippen LogP contribution in [0.3, 0.4) is 0 Å². The second-order valence-corrected chi connectivity index (χ2v) is 3.67. The molecule has 0 saturated heterocycles. The van der Waals surface area contributed by atoms with Crippen molar-refractivity contribution in [2.75, 3.05) is 6.54 Å². The minimum Gasteiger partial charge on any atom is -0.329 e. The second-order valence-electron chi connectivity index (χ2n) is 3.67. The molecule has 4 heteroatoms. The van der Waals surface area contributed by atoms with Gasteiger partial charge in [0, 0.05) is 12.1 Å². The molecule has 0 spiro atoms. The largest absolute Gasteiger partial charge is 0.329 e. The molecule has 2 rings (SSSR count). The van der Waals surface area contributed by atoms with Crippen LogP contribution < -0.4 is 5.73 Å². The predicted molar refractivity (Wildman–Crippen MR) is 63.9 cm³/mol. The molecule has 0 aliphatic rings. The summed E-state index contributed by atoms with van der Waals surface area (Å²) < 4.78 is 1.78. The van der Waals surface area contributed by atoms with Crippen molar-refractivity contribution in [3.63, 3.8) is 0 Å². The Morgan fingerprint density at radius 1 is 1.31 bits per heavy atom. The van der Waals surface area contributed by atoms with Crippen molar-refractivity contribution in [2.24, 2.45) is 5.73 Å². The highest BCUT2D eigenvalue weighted by Crippen LogP contribution is 2.21. The molecule has 4 nitrogen and oxygen atoms in total. The Morgan fingerprint density at radius 2 is 2.12 bits per heavy atom. The normalized spacial score (nSPS) is 10.6. The fraction of sp³-hybridized carbons (Fsp3) is 0.333. The zero-order valence-electron chi connectivity index (χ0n) is 9.43. The average molecular weight is 216 g/mol. The molecule has 0 atom stereocenters. The fourth-order valence-electron chi connectivity index (χ4n) is 1.74. The molecule has 0 aliphatic carbocycles. The lowest BCUT2D eigenvalue weighted by atomic mass is 10.0. The Morgan fingerprint density at radius 3 is 2.88 bits per heavy atom. The third-order valence-electron chi connectivity index (χ3n) is 2.57. The van der Waals surface area contributed by atoms with Gasteiger partial charge in [0.05, 0.1) is 12.7 Å². The zero-order valence-corrected chi connectivity index (χ0v) is 9.43. The molecule has 0 radical (unpaired) electrons. The lowest BCUT2D eigenvalue weighted by Crippen LogP contribution is -2.10. The van der Waals surface area contributed by atoms with Crippen LogP contribution in [0, 0.1) is 0 Å². The first kappa shape index (κ1) is 10.8. The van der Waals surface area contributed by atoms with Crippen LogP contribution in [0.4, 0.5) is 0 Å². The van der Waals surface area contributed by atoms with Gasteiger partial charge in [0.1, 0.15) is 5.69 Å². The SMILES string of the molecule is CCc1ccccc1-c1cn(CCN)nn1. The van der Waals surface area contributed by atoms with Gasteiger partial charge in [-0.1, -0.05) is 36.4 Å². The summed E-state index contributed by atoms with van der Waals surface area (Å²) in [4.78, 5) is 0. The predicted octanol–water partition coefficient (Wildman–Crippen LogP) is 1.47. The number of nitrogens with zero attached hydrogens (tertiary/aromatic N) is 3. The van der Waals surface area contributed by atoms with Crippen LogP contribution in [0.2, 0.25) is 0 Å². The highest BCUT2D eigenvalue weighted by molar-refractivity contribution is 5.62. The van der Waals surface area contributed by atoms with E-state index in [1.54, 1.807) is 4.68 Å². The third kappa shape index (κ3) is 2.12. The van der Waals surface area contributed by atoms with Gasteiger partial charge >= 0.3 is 0 Å². The Bertz CT molecular complexity index is 462. The topological polar surface area (TPSA) is 56.7 Å². The Labute approximate surface area is 95.1 Å². The van der Waals surface area contributed by atoms with Crippen LogP contribution in [0.1, 0.15) is 12.5 Å². The molecule has 1 aromatic heterocycles. The summed E-state index contributed by atoms with van der Waals surface area (Å²) in [6, 6.07) is 8.27. The van der Waals surface area contributed by atoms with Gasteiger partial charge < -0.3 is 5.73 Å². The molecule has 0 unspecified atom stereocenters. The van der Waals surface area contributed by atoms with E-state index >= 15 is 0 Å². The molecule has 0 aliphatic heterocycles. The van der Waals surface area contributed by atoms with Crippen molar-refractivity contribution in [3.05, 3.63) is 36.0 Å². The van der Waals surface area contributed by atoms with Crippen LogP contribution in [-0.2, 0) is 13.0 Å². The van der Waals surface area contributed by atoms with Crippen molar-refractivity contribution in [2.45, 2.75) is 19.9 Å². The Kier molecular flexibility index (Phi) is 3.31. The standard InChI is InChI=1S/C12H16N4/c1-2-10-5-3-4-6-11(10)12-9-16(8-7-13)15-14-12/h3-6,9H,2,7-8,13H2,1H3. The van der Waals surface area contributed by atoms with Crippen LogP contribution in [0.25, 0.3) is 11.3 Å². The smallest absolute Gasteiger partial charge is 0.113 e. The number of hydrogen-bond donors (Lipinski definition) is 1. The monoisotopic (exact) mass is 216 g/mol. The van der Waals surface area contributed by atoms with Gasteiger partial charge in [0.2, 0.25) is 0 Å². The number of rotatable bonds is 4. The molecule has 16 heavy (non-hydrogen) atoms. The van der Waals surface area contributed by atoms with E-state index < -0.39 is 0 Å². The third-order valence-corrected chi connectivity index (χ3v) is 2.57. The molecule has 0 saturated carbocycles. The first-order valence-electron chi connectivity index (χ1n) is 5.53. The molecular weight excluding hydrogens is 200 g/mol. The number of hydrogen-bond acceptors (Lipinski definition) is 3. The highest BCUT2D eigenvalue weighted by Gasteiger charge is 2.06. The van der Waals surface area contributed by atoms with Crippen molar-refractivity contribution < 1.29 is 0 Å². The maximum atomic E-state index is 5.48. The van der Waals surface area contributed by atoms with E-state index in [4.69, 9.17) is 5.73 Å². The van der Waals surface area contributed by atoms with Gasteiger partial charge in [-0.15, -0.1) is 5.10 Å². The van der Waals surface area contributed by atoms with Crippen molar-refractivity contribution >= 4 is 0 Å². The first-order chi connectivity index (χ1) is 7.85. The maximum Gasteiger partial charge on any atom is 0.113 e. The lowest BCUT2D eigenvalue weighted by molar-refractivity contribution is 0.598. The summed E-state index contributed by atoms with van der Waals surface area (Å²) in [5.41, 5.74) is 8.85. The Balaban J connectivity index is 2.34. The zero-order chi connectivity index (χ0) is 11.4. The minimum atomic E-state index is 0.582. The lowest BCUT2D eigenvalue weighted by Gasteiger charge is -2.02. The fourth-order valence-corrected chi connectivity index (χ4v) is 1.74. The van der Waals surface area contributed by atoms with E-state index in [0.717, 1.165) is 17.7 Å². The number of benzene rings is 1. The second kappa shape index (κ2) is 4.90. The summed E-state index contributed by atoms with van der Waals surface area (Å²) >= 11 is 0. The molecule has 84 valence electrons. The van der Waals surface area contributed by atoms with Gasteiger partial charge in [0.25, 0.3) is 0 Å². The van der Waals surface area contributed by atoms with E-state index in [2.05, 4.69) is 29.4 Å². The molecule has 0 bridgehead atoms. The van der Waals surface area contributed by atoms with E-state index in [1.165, 1.54) is 5.56 Å². The van der Waals surface area contributed by atoms with Crippen molar-refractivity contribution in [1.82, 2.24) is 15.0 Å². The summed E-state index contributed by atoms with van der Waals surface area (Å²) in [6.07, 6.45) is 2.95. The van der Waals surface area contributed by atoms with Crippen LogP contribution >= 0.6 is 0 Å². The van der Waals surface area contributed by atoms with Crippen LogP contribution in [-0.4, -0.2) is 21.5 Å². The molecule has 2 N–H and O–H groups in total. The quantitative estimate of drug-likeness (QED) is 0.842. The van der Waals surface area contributed by atoms with Gasteiger partial charge in [-0.05, 0) is 12.0 Å². The van der Waals surface area contributed by atoms with E-state index in [-0.39, 0.29) is 0 Å². The molecule has 0 fully saturated rings. The molecule has 1 aromatic carbocycles. The van der Waals surface area contributed by atoms with Crippen molar-refractivity contribution in [1.29, 1.82) is 0 Å². The van der Waals surface area contributed by atoms with Gasteiger partial charge in [-0.25, -0.2) is 0 Å². The molecule has 0 amide bonds. The number of aromatic nitrogens is 3. The first-order valence-corrected chi connectivity index (χ1v) is 5.53. The summed E-state index contributed by atoms with van der Waals surface area (Å²) in [6.45, 7) is 3.43. The van der Waals surface area contributed by atoms with Gasteiger partial charge in [0.15, 0.2) is 0 Å². The minimum absolute atomic E-state index is 0.582. The Hall–Kier alpha value is -1.68. The van der Waals surface area contributed by atoms with Crippen LogP contribution in [0.15, 0.2) is 30.5 Å². The van der Waals surface area contributed by atoms with Gasteiger partial charge in [-0.2, -0.15) is 0 Å². The maximum absolute atomic E-state index is 5.48. The summed E-state index contributed by atoms with van der Waals surface area (Å²) in [7, 11) is 0. The number of nitrogens with two attached hydrogens (primary N) is 1. The van der Waals surface area contributed by atoms with Gasteiger partial charge in [-0.3, -0.25) is 4.68 Å². The van der Waals surface area contributed by atoms with E-state index in [1.807, 2.05) is 18.3 Å². The summed E-state index contributed by atoms with van der Waals surface area (Å²) in [5, 5.41) is 8.22.